The van der Waals surface area contributed by atoms with Crippen LogP contribution in [0, 0.1) is 16.2 Å². The number of rotatable bonds is 8. The van der Waals surface area contributed by atoms with Gasteiger partial charge in [0.15, 0.2) is 10.8 Å². The van der Waals surface area contributed by atoms with Gasteiger partial charge in [-0.25, -0.2) is 0 Å². The molecule has 2 fully saturated rings. The minimum Gasteiger partial charge on any atom is -0.465 e. The molecule has 0 unspecified atom stereocenters. The highest BCUT2D eigenvalue weighted by atomic mass is 16.6. The standard InChI is InChI=1S/C19H28O8/c1-5-24-13(20)18(14(21)25-6-2)9-17(10-18)11-19(12-17,15(22)26-7-3)16(23)27-8-4/h5-12H2,1-4H3. The number of hydrogen-bond acceptors (Lipinski definition) is 8. The maximum absolute atomic E-state index is 12.4. The molecule has 0 saturated heterocycles. The summed E-state index contributed by atoms with van der Waals surface area (Å²) in [6.07, 6.45) is 0.771. The second kappa shape index (κ2) is 7.86. The van der Waals surface area contributed by atoms with Gasteiger partial charge in [0.1, 0.15) is 0 Å². The fourth-order valence-electron chi connectivity index (χ4n) is 4.53. The van der Waals surface area contributed by atoms with E-state index in [0.717, 1.165) is 0 Å². The van der Waals surface area contributed by atoms with Crippen molar-refractivity contribution in [2.75, 3.05) is 26.4 Å². The number of hydrogen-bond donors (Lipinski definition) is 0. The second-order valence-electron chi connectivity index (χ2n) is 7.25. The Balaban J connectivity index is 2.18. The first-order chi connectivity index (χ1) is 12.8. The molecule has 1 spiro atoms. The Morgan fingerprint density at radius 3 is 0.963 bits per heavy atom. The van der Waals surface area contributed by atoms with Crippen molar-refractivity contribution in [2.24, 2.45) is 16.2 Å². The quantitative estimate of drug-likeness (QED) is 0.354. The van der Waals surface area contributed by atoms with Crippen LogP contribution in [0.5, 0.6) is 0 Å². The van der Waals surface area contributed by atoms with Crippen LogP contribution in [-0.2, 0) is 38.1 Å². The highest BCUT2D eigenvalue weighted by Crippen LogP contribution is 2.71. The van der Waals surface area contributed by atoms with E-state index in [4.69, 9.17) is 18.9 Å². The summed E-state index contributed by atoms with van der Waals surface area (Å²) in [4.78, 5) is 49.7. The molecule has 2 saturated carbocycles. The van der Waals surface area contributed by atoms with Crippen LogP contribution in [0.3, 0.4) is 0 Å². The summed E-state index contributed by atoms with van der Waals surface area (Å²) < 4.78 is 20.3. The zero-order valence-electron chi connectivity index (χ0n) is 16.4. The van der Waals surface area contributed by atoms with Crippen LogP contribution in [0.2, 0.25) is 0 Å². The number of carbonyl (C=O) groups excluding carboxylic acids is 4. The lowest BCUT2D eigenvalue weighted by atomic mass is 9.38. The average molecular weight is 384 g/mol. The van der Waals surface area contributed by atoms with Crippen molar-refractivity contribution < 1.29 is 38.1 Å². The van der Waals surface area contributed by atoms with E-state index in [1.54, 1.807) is 27.7 Å². The van der Waals surface area contributed by atoms with Crippen LogP contribution in [0.1, 0.15) is 53.4 Å². The topological polar surface area (TPSA) is 105 Å². The molecule has 0 aromatic rings. The van der Waals surface area contributed by atoms with Crippen LogP contribution in [0.25, 0.3) is 0 Å². The molecule has 0 aromatic heterocycles. The van der Waals surface area contributed by atoms with E-state index in [0.29, 0.717) is 0 Å². The van der Waals surface area contributed by atoms with E-state index < -0.39 is 40.1 Å². The normalized spacial score (nSPS) is 20.6. The van der Waals surface area contributed by atoms with Crippen molar-refractivity contribution in [1.82, 2.24) is 0 Å². The van der Waals surface area contributed by atoms with Gasteiger partial charge >= 0.3 is 23.9 Å². The predicted octanol–water partition coefficient (Wildman–Crippen LogP) is 1.79. The maximum atomic E-state index is 12.4. The lowest BCUT2D eigenvalue weighted by Gasteiger charge is -2.63. The van der Waals surface area contributed by atoms with E-state index in [1.165, 1.54) is 0 Å². The van der Waals surface area contributed by atoms with Crippen LogP contribution < -0.4 is 0 Å². The van der Waals surface area contributed by atoms with Crippen molar-refractivity contribution >= 4 is 23.9 Å². The van der Waals surface area contributed by atoms with Gasteiger partial charge in [0.2, 0.25) is 0 Å². The van der Waals surface area contributed by atoms with Gasteiger partial charge < -0.3 is 18.9 Å². The molecule has 2 rings (SSSR count). The summed E-state index contributed by atoms with van der Waals surface area (Å²) >= 11 is 0. The molecule has 0 bridgehead atoms. The summed E-state index contributed by atoms with van der Waals surface area (Å²) in [6.45, 7) is 7.29. The van der Waals surface area contributed by atoms with E-state index in [2.05, 4.69) is 0 Å². The molecule has 152 valence electrons. The van der Waals surface area contributed by atoms with Gasteiger partial charge in [-0.05, 0) is 58.8 Å². The molecule has 0 aliphatic heterocycles. The molecule has 0 heterocycles. The summed E-state index contributed by atoms with van der Waals surface area (Å²) in [6, 6.07) is 0. The van der Waals surface area contributed by atoms with Gasteiger partial charge in [0, 0.05) is 0 Å². The van der Waals surface area contributed by atoms with E-state index in [9.17, 15) is 19.2 Å². The van der Waals surface area contributed by atoms with Crippen molar-refractivity contribution in [1.29, 1.82) is 0 Å². The van der Waals surface area contributed by atoms with Crippen LogP contribution in [0.15, 0.2) is 0 Å². The summed E-state index contributed by atoms with van der Waals surface area (Å²) in [5, 5.41) is 0. The van der Waals surface area contributed by atoms with Crippen molar-refractivity contribution in [3.05, 3.63) is 0 Å². The third-order valence-corrected chi connectivity index (χ3v) is 5.37. The third kappa shape index (κ3) is 3.41. The molecule has 2 aliphatic carbocycles. The molecule has 0 atom stereocenters. The Hall–Kier alpha value is -2.12. The maximum Gasteiger partial charge on any atom is 0.323 e. The van der Waals surface area contributed by atoms with Gasteiger partial charge in [-0.1, -0.05) is 0 Å². The zero-order valence-corrected chi connectivity index (χ0v) is 16.4. The first kappa shape index (κ1) is 21.2. The average Bonchev–Trinajstić information content (AvgIpc) is 2.54. The fraction of sp³-hybridized carbons (Fsp3) is 0.789. The van der Waals surface area contributed by atoms with Gasteiger partial charge in [-0.2, -0.15) is 0 Å². The minimum atomic E-state index is -1.36. The van der Waals surface area contributed by atoms with Crippen LogP contribution >= 0.6 is 0 Å². The molecule has 0 amide bonds. The smallest absolute Gasteiger partial charge is 0.323 e. The molecule has 27 heavy (non-hydrogen) atoms. The molecule has 0 radical (unpaired) electrons. The number of carbonyl (C=O) groups is 4. The molecule has 8 nitrogen and oxygen atoms in total. The molecular weight excluding hydrogens is 356 g/mol. The molecular formula is C19H28O8. The highest BCUT2D eigenvalue weighted by molar-refractivity contribution is 6.04. The summed E-state index contributed by atoms with van der Waals surface area (Å²) in [5.74, 6) is -2.45. The first-order valence-electron chi connectivity index (χ1n) is 9.44. The van der Waals surface area contributed by atoms with Crippen LogP contribution in [0.4, 0.5) is 0 Å². The second-order valence-corrected chi connectivity index (χ2v) is 7.25. The first-order valence-corrected chi connectivity index (χ1v) is 9.44. The Morgan fingerprint density at radius 2 is 0.778 bits per heavy atom. The monoisotopic (exact) mass is 384 g/mol. The minimum absolute atomic E-state index is 0.155. The van der Waals surface area contributed by atoms with Gasteiger partial charge in [0.05, 0.1) is 26.4 Å². The Kier molecular flexibility index (Phi) is 6.17. The largest absolute Gasteiger partial charge is 0.465 e. The van der Waals surface area contributed by atoms with Crippen LogP contribution in [-0.4, -0.2) is 50.3 Å². The zero-order chi connectivity index (χ0) is 20.3. The molecule has 2 aliphatic rings. The Morgan fingerprint density at radius 1 is 0.556 bits per heavy atom. The van der Waals surface area contributed by atoms with E-state index in [-0.39, 0.29) is 52.1 Å². The highest BCUT2D eigenvalue weighted by Gasteiger charge is 2.75. The van der Waals surface area contributed by atoms with Crippen molar-refractivity contribution in [3.63, 3.8) is 0 Å². The summed E-state index contributed by atoms with van der Waals surface area (Å²) in [5.41, 5.74) is -3.19. The SMILES string of the molecule is CCOC(=O)C1(C(=O)OCC)CC2(C1)CC(C(=O)OCC)(C(=O)OCC)C2. The van der Waals surface area contributed by atoms with Gasteiger partial charge in [0.25, 0.3) is 0 Å². The predicted molar refractivity (Wildman–Crippen MR) is 92.3 cm³/mol. The molecule has 8 heteroatoms. The van der Waals surface area contributed by atoms with E-state index >= 15 is 0 Å². The third-order valence-electron chi connectivity index (χ3n) is 5.37. The Bertz CT molecular complexity index is 514. The lowest BCUT2D eigenvalue weighted by Crippen LogP contribution is -2.67. The number of ether oxygens (including phenoxy) is 4. The Labute approximate surface area is 158 Å². The van der Waals surface area contributed by atoms with Gasteiger partial charge in [-0.15, -0.1) is 0 Å². The lowest BCUT2D eigenvalue weighted by molar-refractivity contribution is -0.224. The summed E-state index contributed by atoms with van der Waals surface area (Å²) in [7, 11) is 0. The number of esters is 4. The van der Waals surface area contributed by atoms with Gasteiger partial charge in [-0.3, -0.25) is 19.2 Å². The molecule has 0 N–H and O–H groups in total. The van der Waals surface area contributed by atoms with E-state index in [1.807, 2.05) is 0 Å². The fourth-order valence-corrected chi connectivity index (χ4v) is 4.53. The molecule has 0 aromatic carbocycles. The van der Waals surface area contributed by atoms with Crippen molar-refractivity contribution in [3.8, 4) is 0 Å². The van der Waals surface area contributed by atoms with Crippen molar-refractivity contribution in [2.45, 2.75) is 53.4 Å².